The van der Waals surface area contributed by atoms with Crippen LogP contribution < -0.4 is 14.2 Å². The van der Waals surface area contributed by atoms with Gasteiger partial charge in [-0.15, -0.1) is 0 Å². The highest BCUT2D eigenvalue weighted by Crippen LogP contribution is 2.39. The van der Waals surface area contributed by atoms with Gasteiger partial charge in [-0.1, -0.05) is 18.2 Å². The molecule has 2 aromatic rings. The SMILES string of the molecule is COc1cc(/C=C2\CN(S(=O)(=O)c3ccccc3)C=CC2=O)cc(OC)c1OC. The minimum absolute atomic E-state index is 0.0801. The third-order valence-electron chi connectivity index (χ3n) is 4.41. The molecule has 3 rings (SSSR count). The second-order valence-electron chi connectivity index (χ2n) is 6.17. The summed E-state index contributed by atoms with van der Waals surface area (Å²) in [5.41, 5.74) is 0.941. The van der Waals surface area contributed by atoms with Crippen LogP contribution in [0.3, 0.4) is 0 Å². The van der Waals surface area contributed by atoms with Gasteiger partial charge in [0.05, 0.1) is 32.8 Å². The quantitative estimate of drug-likeness (QED) is 0.675. The maximum Gasteiger partial charge on any atom is 0.264 e. The molecule has 0 radical (unpaired) electrons. The number of hydrogen-bond donors (Lipinski definition) is 0. The molecular weight excluding hydrogens is 394 g/mol. The molecule has 1 heterocycles. The van der Waals surface area contributed by atoms with Crippen LogP contribution in [0.4, 0.5) is 0 Å². The van der Waals surface area contributed by atoms with Crippen molar-refractivity contribution in [1.29, 1.82) is 0 Å². The number of ether oxygens (including phenoxy) is 3. The van der Waals surface area contributed by atoms with Gasteiger partial charge in [0.15, 0.2) is 17.3 Å². The number of carbonyl (C=O) groups excluding carboxylic acids is 1. The van der Waals surface area contributed by atoms with Crippen molar-refractivity contribution < 1.29 is 27.4 Å². The van der Waals surface area contributed by atoms with E-state index in [9.17, 15) is 13.2 Å². The predicted octanol–water partition coefficient (Wildman–Crippen LogP) is 2.88. The Morgan fingerprint density at radius 2 is 1.59 bits per heavy atom. The van der Waals surface area contributed by atoms with Gasteiger partial charge in [0.2, 0.25) is 5.75 Å². The molecule has 0 saturated heterocycles. The first-order valence-corrected chi connectivity index (χ1v) is 10.1. The van der Waals surface area contributed by atoms with E-state index < -0.39 is 10.0 Å². The van der Waals surface area contributed by atoms with E-state index in [0.29, 0.717) is 28.4 Å². The monoisotopic (exact) mass is 415 g/mol. The third-order valence-corrected chi connectivity index (χ3v) is 6.15. The van der Waals surface area contributed by atoms with Crippen LogP contribution in [0, 0.1) is 0 Å². The second kappa shape index (κ2) is 8.40. The first-order chi connectivity index (χ1) is 13.9. The van der Waals surface area contributed by atoms with Crippen LogP contribution in [0.1, 0.15) is 5.56 Å². The fourth-order valence-electron chi connectivity index (χ4n) is 2.95. The summed E-state index contributed by atoms with van der Waals surface area (Å²) in [5.74, 6) is 1.04. The van der Waals surface area contributed by atoms with Crippen molar-refractivity contribution in [1.82, 2.24) is 4.31 Å². The van der Waals surface area contributed by atoms with Crippen LogP contribution in [0.2, 0.25) is 0 Å². The Hall–Kier alpha value is -3.26. The first kappa shape index (κ1) is 20.5. The van der Waals surface area contributed by atoms with E-state index in [1.807, 2.05) is 0 Å². The number of ketones is 1. The Balaban J connectivity index is 1.99. The Bertz CT molecular complexity index is 1050. The van der Waals surface area contributed by atoms with E-state index in [1.165, 1.54) is 45.7 Å². The molecule has 0 atom stereocenters. The second-order valence-corrected chi connectivity index (χ2v) is 8.06. The Morgan fingerprint density at radius 3 is 2.14 bits per heavy atom. The van der Waals surface area contributed by atoms with Gasteiger partial charge in [-0.25, -0.2) is 8.42 Å². The van der Waals surface area contributed by atoms with E-state index in [2.05, 4.69) is 0 Å². The standard InChI is InChI=1S/C21H21NO6S/c1-26-19-12-15(13-20(27-2)21(19)28-3)11-16-14-22(10-9-18(16)23)29(24,25)17-7-5-4-6-8-17/h4-13H,14H2,1-3H3/b16-11+. The normalized spacial score (nSPS) is 15.5. The molecule has 0 N–H and O–H groups in total. The fraction of sp³-hybridized carbons (Fsp3) is 0.190. The van der Waals surface area contributed by atoms with Gasteiger partial charge >= 0.3 is 0 Å². The molecule has 152 valence electrons. The van der Waals surface area contributed by atoms with E-state index >= 15 is 0 Å². The Kier molecular flexibility index (Phi) is 5.93. The molecule has 0 unspecified atom stereocenters. The van der Waals surface area contributed by atoms with Crippen LogP contribution in [0.15, 0.2) is 65.2 Å². The summed E-state index contributed by atoms with van der Waals surface area (Å²) in [7, 11) is 0.731. The van der Waals surface area contributed by atoms with Gasteiger partial charge < -0.3 is 14.2 Å². The zero-order valence-electron chi connectivity index (χ0n) is 16.3. The van der Waals surface area contributed by atoms with Gasteiger partial charge in [-0.2, -0.15) is 0 Å². The van der Waals surface area contributed by atoms with Gasteiger partial charge in [-0.3, -0.25) is 9.10 Å². The van der Waals surface area contributed by atoms with Gasteiger partial charge in [0, 0.05) is 17.8 Å². The van der Waals surface area contributed by atoms with Crippen molar-refractivity contribution in [2.45, 2.75) is 4.90 Å². The van der Waals surface area contributed by atoms with E-state index in [0.717, 1.165) is 4.31 Å². The lowest BCUT2D eigenvalue weighted by Gasteiger charge is -2.24. The molecule has 1 aliphatic rings. The predicted molar refractivity (Wildman–Crippen MR) is 109 cm³/mol. The number of benzene rings is 2. The molecule has 7 nitrogen and oxygen atoms in total. The topological polar surface area (TPSA) is 82.1 Å². The lowest BCUT2D eigenvalue weighted by Crippen LogP contribution is -2.32. The lowest BCUT2D eigenvalue weighted by atomic mass is 10.0. The van der Waals surface area contributed by atoms with Crippen molar-refractivity contribution in [2.24, 2.45) is 0 Å². The molecule has 2 aromatic carbocycles. The van der Waals surface area contributed by atoms with E-state index in [4.69, 9.17) is 14.2 Å². The smallest absolute Gasteiger partial charge is 0.264 e. The van der Waals surface area contributed by atoms with Gasteiger partial charge in [-0.05, 0) is 35.9 Å². The molecule has 0 saturated carbocycles. The van der Waals surface area contributed by atoms with Crippen LogP contribution in [-0.4, -0.2) is 46.4 Å². The van der Waals surface area contributed by atoms with Crippen LogP contribution in [-0.2, 0) is 14.8 Å². The summed E-state index contributed by atoms with van der Waals surface area (Å²) in [6.07, 6.45) is 4.15. The highest BCUT2D eigenvalue weighted by Gasteiger charge is 2.27. The summed E-state index contributed by atoms with van der Waals surface area (Å²) in [4.78, 5) is 12.5. The molecule has 0 bridgehead atoms. The average molecular weight is 415 g/mol. The summed E-state index contributed by atoms with van der Waals surface area (Å²) in [5, 5.41) is 0. The van der Waals surface area contributed by atoms with Crippen molar-refractivity contribution in [2.75, 3.05) is 27.9 Å². The summed E-state index contributed by atoms with van der Waals surface area (Å²) in [6, 6.07) is 11.5. The summed E-state index contributed by atoms with van der Waals surface area (Å²) in [6.45, 7) is -0.0801. The maximum absolute atomic E-state index is 12.9. The molecule has 0 amide bonds. The zero-order valence-corrected chi connectivity index (χ0v) is 17.1. The van der Waals surface area contributed by atoms with Gasteiger partial charge in [0.25, 0.3) is 10.0 Å². The number of rotatable bonds is 6. The van der Waals surface area contributed by atoms with E-state index in [-0.39, 0.29) is 17.2 Å². The van der Waals surface area contributed by atoms with Crippen molar-refractivity contribution in [3.8, 4) is 17.2 Å². The molecular formula is C21H21NO6S. The third kappa shape index (κ3) is 4.12. The van der Waals surface area contributed by atoms with E-state index in [1.54, 1.807) is 36.4 Å². The highest BCUT2D eigenvalue weighted by atomic mass is 32.2. The maximum atomic E-state index is 12.9. The minimum Gasteiger partial charge on any atom is -0.493 e. The van der Waals surface area contributed by atoms with Crippen molar-refractivity contribution >= 4 is 21.9 Å². The molecule has 8 heteroatoms. The summed E-state index contributed by atoms with van der Waals surface area (Å²) < 4.78 is 42.8. The number of methoxy groups -OCH3 is 3. The number of hydrogen-bond acceptors (Lipinski definition) is 6. The highest BCUT2D eigenvalue weighted by molar-refractivity contribution is 7.89. The number of allylic oxidation sites excluding steroid dienone is 1. The zero-order chi connectivity index (χ0) is 21.0. The largest absolute Gasteiger partial charge is 0.493 e. The molecule has 0 fully saturated rings. The average Bonchev–Trinajstić information content (AvgIpc) is 2.75. The first-order valence-electron chi connectivity index (χ1n) is 8.70. The van der Waals surface area contributed by atoms with Gasteiger partial charge in [0.1, 0.15) is 0 Å². The summed E-state index contributed by atoms with van der Waals surface area (Å²) >= 11 is 0. The minimum atomic E-state index is -3.76. The number of carbonyl (C=O) groups is 1. The van der Waals surface area contributed by atoms with Crippen LogP contribution in [0.25, 0.3) is 6.08 Å². The Labute approximate surface area is 169 Å². The molecule has 0 aliphatic carbocycles. The molecule has 1 aliphatic heterocycles. The Morgan fingerprint density at radius 1 is 0.966 bits per heavy atom. The van der Waals surface area contributed by atoms with Crippen molar-refractivity contribution in [3.63, 3.8) is 0 Å². The fourth-order valence-corrected chi connectivity index (χ4v) is 4.25. The number of sulfonamides is 1. The number of nitrogens with zero attached hydrogens (tertiary/aromatic N) is 1. The molecule has 29 heavy (non-hydrogen) atoms. The van der Waals surface area contributed by atoms with Crippen LogP contribution in [0.5, 0.6) is 17.2 Å². The van der Waals surface area contributed by atoms with Crippen molar-refractivity contribution in [3.05, 3.63) is 65.9 Å². The lowest BCUT2D eigenvalue weighted by molar-refractivity contribution is -0.111. The molecule has 0 aromatic heterocycles. The molecule has 0 spiro atoms. The van der Waals surface area contributed by atoms with Crippen LogP contribution >= 0.6 is 0 Å².